The molecule has 0 aliphatic heterocycles. The standard InChI is InChI=1S/C11H11N3/c1-9-12-6-7-13-11-5-3-2-4-10(11)8-14-9/h2-8,13H,1H3. The lowest BCUT2D eigenvalue weighted by molar-refractivity contribution is 1.08. The van der Waals surface area contributed by atoms with Gasteiger partial charge < -0.3 is 4.98 Å². The predicted octanol–water partition coefficient (Wildman–Crippen LogP) is 2.39. The molecular formula is C11H11N3. The van der Waals surface area contributed by atoms with Gasteiger partial charge in [-0.3, -0.25) is 0 Å². The Labute approximate surface area is 82.2 Å². The number of hydrogen-bond acceptors (Lipinski definition) is 2. The van der Waals surface area contributed by atoms with E-state index in [0.717, 1.165) is 16.7 Å². The molecule has 0 amide bonds. The summed E-state index contributed by atoms with van der Waals surface area (Å²) >= 11 is 0. The Bertz CT molecular complexity index is 487. The molecule has 3 heteroatoms. The van der Waals surface area contributed by atoms with Crippen LogP contribution in [0, 0.1) is 6.92 Å². The first-order chi connectivity index (χ1) is 6.86. The van der Waals surface area contributed by atoms with Crippen LogP contribution in [0.2, 0.25) is 0 Å². The zero-order valence-electron chi connectivity index (χ0n) is 7.94. The topological polar surface area (TPSA) is 41.6 Å². The van der Waals surface area contributed by atoms with Crippen molar-refractivity contribution in [2.45, 2.75) is 6.92 Å². The number of H-pyrrole nitrogens is 1. The summed E-state index contributed by atoms with van der Waals surface area (Å²) in [6.45, 7) is 1.87. The fourth-order valence-electron chi connectivity index (χ4n) is 1.21. The number of nitrogens with one attached hydrogen (secondary N) is 1. The molecule has 0 bridgehead atoms. The monoisotopic (exact) mass is 185 g/mol. The van der Waals surface area contributed by atoms with E-state index in [1.54, 1.807) is 12.4 Å². The van der Waals surface area contributed by atoms with E-state index in [0.29, 0.717) is 0 Å². The molecule has 0 aliphatic carbocycles. The Morgan fingerprint density at radius 1 is 1.14 bits per heavy atom. The fourth-order valence-corrected chi connectivity index (χ4v) is 1.21. The number of aryl methyl sites for hydroxylation is 1. The summed E-state index contributed by atoms with van der Waals surface area (Å²) in [5, 5.41) is 1.06. The smallest absolute Gasteiger partial charge is 0.125 e. The molecule has 1 aromatic heterocycles. The Hall–Kier alpha value is -1.90. The van der Waals surface area contributed by atoms with Crippen LogP contribution in [0.3, 0.4) is 0 Å². The zero-order chi connectivity index (χ0) is 9.80. The number of hydrogen-bond donors (Lipinski definition) is 1. The molecule has 70 valence electrons. The highest BCUT2D eigenvalue weighted by Crippen LogP contribution is 2.05. The van der Waals surface area contributed by atoms with E-state index in [4.69, 9.17) is 0 Å². The minimum atomic E-state index is 0.750. The van der Waals surface area contributed by atoms with E-state index in [2.05, 4.69) is 15.0 Å². The summed E-state index contributed by atoms with van der Waals surface area (Å²) < 4.78 is 0. The first kappa shape index (κ1) is 8.69. The van der Waals surface area contributed by atoms with Crippen LogP contribution in [0.15, 0.2) is 42.9 Å². The van der Waals surface area contributed by atoms with Crippen molar-refractivity contribution >= 4 is 10.9 Å². The molecule has 0 unspecified atom stereocenters. The molecule has 2 rings (SSSR count). The predicted molar refractivity (Wildman–Crippen MR) is 56.3 cm³/mol. The Kier molecular flexibility index (Phi) is 2.40. The van der Waals surface area contributed by atoms with Crippen LogP contribution in [-0.2, 0) is 0 Å². The van der Waals surface area contributed by atoms with Gasteiger partial charge in [0.15, 0.2) is 0 Å². The number of nitrogens with zero attached hydrogens (tertiary/aromatic N) is 2. The summed E-state index contributed by atoms with van der Waals surface area (Å²) in [4.78, 5) is 11.5. The molecule has 0 spiro atoms. The van der Waals surface area contributed by atoms with Crippen molar-refractivity contribution < 1.29 is 0 Å². The first-order valence-electron chi connectivity index (χ1n) is 4.45. The van der Waals surface area contributed by atoms with Gasteiger partial charge in [0.05, 0.1) is 0 Å². The normalized spacial score (nSPS) is 9.79. The van der Waals surface area contributed by atoms with E-state index in [9.17, 15) is 0 Å². The lowest BCUT2D eigenvalue weighted by atomic mass is 10.2. The summed E-state index contributed by atoms with van der Waals surface area (Å²) in [6, 6.07) is 7.99. The maximum atomic E-state index is 4.22. The molecule has 1 N–H and O–H groups in total. The molecule has 0 saturated carbocycles. The molecule has 0 radical (unpaired) electrons. The zero-order valence-corrected chi connectivity index (χ0v) is 7.94. The third-order valence-electron chi connectivity index (χ3n) is 1.93. The van der Waals surface area contributed by atoms with Crippen LogP contribution in [0.25, 0.3) is 10.9 Å². The quantitative estimate of drug-likeness (QED) is 0.684. The van der Waals surface area contributed by atoms with Crippen LogP contribution in [-0.4, -0.2) is 15.0 Å². The van der Waals surface area contributed by atoms with Gasteiger partial charge in [-0.15, -0.1) is 0 Å². The molecular weight excluding hydrogens is 174 g/mol. The van der Waals surface area contributed by atoms with Crippen LogP contribution in [0.1, 0.15) is 5.82 Å². The van der Waals surface area contributed by atoms with Gasteiger partial charge in [-0.2, -0.15) is 0 Å². The third-order valence-corrected chi connectivity index (χ3v) is 1.93. The third kappa shape index (κ3) is 1.88. The lowest BCUT2D eigenvalue weighted by Crippen LogP contribution is -1.76. The summed E-state index contributed by atoms with van der Waals surface area (Å²) in [6.07, 6.45) is 5.32. The van der Waals surface area contributed by atoms with Crippen molar-refractivity contribution in [2.75, 3.05) is 0 Å². The van der Waals surface area contributed by atoms with Crippen molar-refractivity contribution in [3.8, 4) is 0 Å². The van der Waals surface area contributed by atoms with Crippen LogP contribution in [0.5, 0.6) is 0 Å². The van der Waals surface area contributed by atoms with Crippen molar-refractivity contribution in [1.29, 1.82) is 0 Å². The number of para-hydroxylation sites is 1. The van der Waals surface area contributed by atoms with E-state index < -0.39 is 0 Å². The minimum Gasteiger partial charge on any atom is -0.360 e. The summed E-state index contributed by atoms with van der Waals surface area (Å²) in [5.41, 5.74) is 1.04. The second-order valence-electron chi connectivity index (χ2n) is 2.98. The molecule has 0 saturated heterocycles. The Balaban J connectivity index is 2.81. The van der Waals surface area contributed by atoms with Crippen LogP contribution in [0.4, 0.5) is 0 Å². The molecule has 14 heavy (non-hydrogen) atoms. The average Bonchev–Trinajstić information content (AvgIpc) is 2.30. The van der Waals surface area contributed by atoms with Gasteiger partial charge in [-0.1, -0.05) is 18.2 Å². The van der Waals surface area contributed by atoms with E-state index in [-0.39, 0.29) is 0 Å². The minimum absolute atomic E-state index is 0.750. The number of aromatic nitrogens is 3. The Morgan fingerprint density at radius 3 is 2.93 bits per heavy atom. The maximum Gasteiger partial charge on any atom is 0.125 e. The van der Waals surface area contributed by atoms with Gasteiger partial charge in [0.1, 0.15) is 5.82 Å². The fraction of sp³-hybridized carbons (Fsp3) is 0.0909. The highest BCUT2D eigenvalue weighted by atomic mass is 14.8. The maximum absolute atomic E-state index is 4.22. The first-order valence-corrected chi connectivity index (χ1v) is 4.45. The molecule has 2 aromatic rings. The van der Waals surface area contributed by atoms with Crippen molar-refractivity contribution in [1.82, 2.24) is 15.0 Å². The van der Waals surface area contributed by atoms with Gasteiger partial charge in [0.25, 0.3) is 0 Å². The second kappa shape index (κ2) is 3.87. The van der Waals surface area contributed by atoms with Crippen molar-refractivity contribution in [2.24, 2.45) is 0 Å². The SMILES string of the molecule is Cc1ncc[nH]c2ccccc2cn1. The van der Waals surface area contributed by atoms with Gasteiger partial charge in [-0.05, 0) is 13.0 Å². The van der Waals surface area contributed by atoms with Crippen molar-refractivity contribution in [3.63, 3.8) is 0 Å². The highest BCUT2D eigenvalue weighted by Gasteiger charge is 1.86. The van der Waals surface area contributed by atoms with E-state index in [1.165, 1.54) is 0 Å². The number of benzene rings is 1. The van der Waals surface area contributed by atoms with Gasteiger partial charge >= 0.3 is 0 Å². The number of fused-ring (bicyclic) bond motifs is 1. The Morgan fingerprint density at radius 2 is 2.00 bits per heavy atom. The lowest BCUT2D eigenvalue weighted by Gasteiger charge is -1.89. The second-order valence-corrected chi connectivity index (χ2v) is 2.98. The van der Waals surface area contributed by atoms with E-state index >= 15 is 0 Å². The highest BCUT2D eigenvalue weighted by molar-refractivity contribution is 5.76. The average molecular weight is 185 g/mol. The van der Waals surface area contributed by atoms with Gasteiger partial charge in [0, 0.05) is 29.5 Å². The largest absolute Gasteiger partial charge is 0.360 e. The summed E-state index contributed by atoms with van der Waals surface area (Å²) in [5.74, 6) is 0.750. The van der Waals surface area contributed by atoms with Crippen molar-refractivity contribution in [3.05, 3.63) is 48.7 Å². The summed E-state index contributed by atoms with van der Waals surface area (Å²) in [7, 11) is 0. The molecule has 0 atom stereocenters. The number of aromatic amines is 1. The molecule has 1 heterocycles. The van der Waals surface area contributed by atoms with Gasteiger partial charge in [-0.25, -0.2) is 9.97 Å². The molecule has 1 aromatic carbocycles. The molecule has 0 fully saturated rings. The number of rotatable bonds is 0. The van der Waals surface area contributed by atoms with Crippen LogP contribution < -0.4 is 0 Å². The molecule has 0 aliphatic rings. The van der Waals surface area contributed by atoms with Crippen LogP contribution >= 0.6 is 0 Å². The van der Waals surface area contributed by atoms with Gasteiger partial charge in [0.2, 0.25) is 0 Å². The molecule has 3 nitrogen and oxygen atoms in total. The van der Waals surface area contributed by atoms with E-state index in [1.807, 2.05) is 37.4 Å².